The molecule has 0 saturated carbocycles. The number of rotatable bonds is 2. The zero-order chi connectivity index (χ0) is 16.1. The van der Waals surface area contributed by atoms with Crippen molar-refractivity contribution in [1.29, 1.82) is 0 Å². The van der Waals surface area contributed by atoms with Gasteiger partial charge in [-0.05, 0) is 44.4 Å². The van der Waals surface area contributed by atoms with Crippen LogP contribution in [0.25, 0.3) is 0 Å². The molecule has 22 heavy (non-hydrogen) atoms. The number of amides is 1. The Morgan fingerprint density at radius 3 is 2.77 bits per heavy atom. The summed E-state index contributed by atoms with van der Waals surface area (Å²) in [5, 5.41) is 0. The molecule has 7 heteroatoms. The minimum Gasteiger partial charge on any atom is -0.337 e. The van der Waals surface area contributed by atoms with Crippen LogP contribution in [0.3, 0.4) is 0 Å². The van der Waals surface area contributed by atoms with Crippen molar-refractivity contribution in [3.63, 3.8) is 0 Å². The van der Waals surface area contributed by atoms with E-state index in [1.54, 1.807) is 18.7 Å². The quantitative estimate of drug-likeness (QED) is 0.828. The third-order valence-electron chi connectivity index (χ3n) is 4.58. The molecule has 2 heterocycles. The second kappa shape index (κ2) is 5.31. The second-order valence-corrected chi connectivity index (χ2v) is 7.85. The molecule has 5 nitrogen and oxygen atoms in total. The van der Waals surface area contributed by atoms with Gasteiger partial charge in [0.15, 0.2) is 0 Å². The fourth-order valence-corrected chi connectivity index (χ4v) is 5.19. The van der Waals surface area contributed by atoms with Crippen LogP contribution in [0.2, 0.25) is 0 Å². The molecular weight excluding hydrogens is 307 g/mol. The fourth-order valence-electron chi connectivity index (χ4n) is 3.33. The van der Waals surface area contributed by atoms with Crippen LogP contribution < -0.4 is 0 Å². The molecule has 0 aliphatic carbocycles. The number of fused-ring (bicyclic) bond motifs is 1. The Morgan fingerprint density at radius 1 is 1.32 bits per heavy atom. The van der Waals surface area contributed by atoms with Crippen LogP contribution in [0.4, 0.5) is 4.39 Å². The molecule has 2 fully saturated rings. The van der Waals surface area contributed by atoms with Gasteiger partial charge >= 0.3 is 0 Å². The van der Waals surface area contributed by atoms with Gasteiger partial charge in [-0.15, -0.1) is 0 Å². The number of aryl methyl sites for hydroxylation is 1. The first-order chi connectivity index (χ1) is 10.3. The van der Waals surface area contributed by atoms with Crippen molar-refractivity contribution in [2.24, 2.45) is 0 Å². The minimum absolute atomic E-state index is 0.0569. The predicted molar refractivity (Wildman–Crippen MR) is 79.2 cm³/mol. The monoisotopic (exact) mass is 326 g/mol. The summed E-state index contributed by atoms with van der Waals surface area (Å²) in [7, 11) is -3.89. The number of hydrogen-bond acceptors (Lipinski definition) is 3. The number of benzene rings is 1. The molecule has 0 radical (unpaired) electrons. The summed E-state index contributed by atoms with van der Waals surface area (Å²) in [6.07, 6.45) is 1.71. The zero-order valence-electron chi connectivity index (χ0n) is 12.6. The number of carbonyl (C=O) groups is 1. The summed E-state index contributed by atoms with van der Waals surface area (Å²) in [5.41, 5.74) is 0.481. The molecule has 0 bridgehead atoms. The van der Waals surface area contributed by atoms with E-state index in [9.17, 15) is 17.6 Å². The van der Waals surface area contributed by atoms with Gasteiger partial charge in [0.1, 0.15) is 11.9 Å². The van der Waals surface area contributed by atoms with Crippen LogP contribution >= 0.6 is 0 Å². The van der Waals surface area contributed by atoms with Crippen LogP contribution in [0.15, 0.2) is 23.1 Å². The van der Waals surface area contributed by atoms with E-state index in [0.717, 1.165) is 18.9 Å². The SMILES string of the molecule is Cc1ccc(F)cc1S(=O)(=O)N1C[C@H]2CCCN2C(=O)[C@@H]1C. The van der Waals surface area contributed by atoms with Gasteiger partial charge < -0.3 is 4.90 Å². The van der Waals surface area contributed by atoms with E-state index >= 15 is 0 Å². The van der Waals surface area contributed by atoms with E-state index in [4.69, 9.17) is 0 Å². The van der Waals surface area contributed by atoms with Gasteiger partial charge in [0.25, 0.3) is 0 Å². The first-order valence-electron chi connectivity index (χ1n) is 7.41. The van der Waals surface area contributed by atoms with Gasteiger partial charge in [-0.25, -0.2) is 12.8 Å². The van der Waals surface area contributed by atoms with E-state index in [1.165, 1.54) is 16.4 Å². The molecular formula is C15H19FN2O3S. The van der Waals surface area contributed by atoms with Gasteiger partial charge in [-0.3, -0.25) is 4.79 Å². The lowest BCUT2D eigenvalue weighted by Crippen LogP contribution is -2.59. The van der Waals surface area contributed by atoms with Crippen molar-refractivity contribution in [3.8, 4) is 0 Å². The number of nitrogens with zero attached hydrogens (tertiary/aromatic N) is 2. The number of carbonyl (C=O) groups excluding carboxylic acids is 1. The molecule has 2 aliphatic heterocycles. The van der Waals surface area contributed by atoms with Crippen LogP contribution in [0.5, 0.6) is 0 Å². The fraction of sp³-hybridized carbons (Fsp3) is 0.533. The third kappa shape index (κ3) is 2.32. The average molecular weight is 326 g/mol. The molecule has 0 unspecified atom stereocenters. The molecule has 1 aromatic rings. The van der Waals surface area contributed by atoms with Crippen molar-refractivity contribution < 1.29 is 17.6 Å². The van der Waals surface area contributed by atoms with Crippen molar-refractivity contribution in [2.45, 2.75) is 43.7 Å². The summed E-state index contributed by atoms with van der Waals surface area (Å²) in [6, 6.07) is 2.90. The second-order valence-electron chi connectivity index (χ2n) is 5.99. The summed E-state index contributed by atoms with van der Waals surface area (Å²) < 4.78 is 40.5. The van der Waals surface area contributed by atoms with Gasteiger partial charge in [0.05, 0.1) is 4.90 Å². The highest BCUT2D eigenvalue weighted by atomic mass is 32.2. The Labute approximate surface area is 129 Å². The first-order valence-corrected chi connectivity index (χ1v) is 8.85. The lowest BCUT2D eigenvalue weighted by atomic mass is 10.1. The Kier molecular flexibility index (Phi) is 3.72. The maximum absolute atomic E-state index is 13.5. The smallest absolute Gasteiger partial charge is 0.244 e. The lowest BCUT2D eigenvalue weighted by Gasteiger charge is -2.40. The van der Waals surface area contributed by atoms with Crippen LogP contribution in [-0.4, -0.2) is 48.7 Å². The molecule has 0 N–H and O–H groups in total. The van der Waals surface area contributed by atoms with Gasteiger partial charge in [0, 0.05) is 19.1 Å². The topological polar surface area (TPSA) is 57.7 Å². The Hall–Kier alpha value is -1.47. The molecule has 2 aliphatic rings. The Balaban J connectivity index is 2.01. The number of halogens is 1. The van der Waals surface area contributed by atoms with E-state index < -0.39 is 21.9 Å². The van der Waals surface area contributed by atoms with Gasteiger partial charge in [-0.2, -0.15) is 4.31 Å². The van der Waals surface area contributed by atoms with Crippen LogP contribution in [0.1, 0.15) is 25.3 Å². The van der Waals surface area contributed by atoms with Crippen molar-refractivity contribution in [2.75, 3.05) is 13.1 Å². The minimum atomic E-state index is -3.89. The van der Waals surface area contributed by atoms with Crippen LogP contribution in [0, 0.1) is 12.7 Å². The zero-order valence-corrected chi connectivity index (χ0v) is 13.4. The molecule has 2 saturated heterocycles. The van der Waals surface area contributed by atoms with E-state index in [2.05, 4.69) is 0 Å². The van der Waals surface area contributed by atoms with E-state index in [0.29, 0.717) is 12.1 Å². The largest absolute Gasteiger partial charge is 0.337 e. The van der Waals surface area contributed by atoms with Gasteiger partial charge in [-0.1, -0.05) is 6.07 Å². The van der Waals surface area contributed by atoms with E-state index in [1.807, 2.05) is 0 Å². The van der Waals surface area contributed by atoms with Crippen LogP contribution in [-0.2, 0) is 14.8 Å². The maximum Gasteiger partial charge on any atom is 0.244 e. The number of hydrogen-bond donors (Lipinski definition) is 0. The highest BCUT2D eigenvalue weighted by molar-refractivity contribution is 7.89. The molecule has 1 amide bonds. The van der Waals surface area contributed by atoms with Crippen molar-refractivity contribution >= 4 is 15.9 Å². The maximum atomic E-state index is 13.5. The van der Waals surface area contributed by atoms with E-state index in [-0.39, 0.29) is 23.4 Å². The molecule has 120 valence electrons. The highest BCUT2D eigenvalue weighted by Crippen LogP contribution is 2.31. The molecule has 0 spiro atoms. The molecule has 3 rings (SSSR count). The summed E-state index contributed by atoms with van der Waals surface area (Å²) in [5.74, 6) is -0.756. The van der Waals surface area contributed by atoms with Crippen molar-refractivity contribution in [3.05, 3.63) is 29.6 Å². The number of piperazine rings is 1. The van der Waals surface area contributed by atoms with Crippen molar-refractivity contribution in [1.82, 2.24) is 9.21 Å². The molecule has 1 aromatic carbocycles. The number of sulfonamides is 1. The predicted octanol–water partition coefficient (Wildman–Crippen LogP) is 1.52. The van der Waals surface area contributed by atoms with Gasteiger partial charge in [0.2, 0.25) is 15.9 Å². The molecule has 2 atom stereocenters. The Bertz CT molecular complexity index is 719. The standard InChI is InChI=1S/C15H19FN2O3S/c1-10-5-6-12(16)8-14(10)22(20,21)18-9-13-4-3-7-17(13)15(19)11(18)2/h5-6,8,11,13H,3-4,7,9H2,1-2H3/t11-,13+/m0/s1. The summed E-state index contributed by atoms with van der Waals surface area (Å²) >= 11 is 0. The lowest BCUT2D eigenvalue weighted by molar-refractivity contribution is -0.139. The Morgan fingerprint density at radius 2 is 2.05 bits per heavy atom. The third-order valence-corrected chi connectivity index (χ3v) is 6.66. The summed E-state index contributed by atoms with van der Waals surface area (Å²) in [6.45, 7) is 4.21. The molecule has 0 aromatic heterocycles. The highest BCUT2D eigenvalue weighted by Gasteiger charge is 2.45. The summed E-state index contributed by atoms with van der Waals surface area (Å²) in [4.78, 5) is 14.1. The normalized spacial score (nSPS) is 26.3. The average Bonchev–Trinajstić information content (AvgIpc) is 2.93. The first kappa shape index (κ1) is 15.4.